The molecular formula is C22H25NOSi. The van der Waals surface area contributed by atoms with Gasteiger partial charge in [-0.25, -0.2) is 0 Å². The minimum Gasteiger partial charge on any atom is -0.335 e. The number of amides is 1. The predicted molar refractivity (Wildman–Crippen MR) is 110 cm³/mol. The maximum atomic E-state index is 13.5. The first-order chi connectivity index (χ1) is 12.2. The second-order valence-corrected chi connectivity index (χ2v) is 10.2. The van der Waals surface area contributed by atoms with Crippen molar-refractivity contribution in [3.8, 4) is 0 Å². The number of hydrogen-bond acceptors (Lipinski definition) is 1. The number of carbonyl (C=O) groups is 1. The summed E-state index contributed by atoms with van der Waals surface area (Å²) >= 11 is 0. The molecular weight excluding hydrogens is 322 g/mol. The van der Waals surface area contributed by atoms with Crippen molar-refractivity contribution in [3.63, 3.8) is 0 Å². The van der Waals surface area contributed by atoms with Crippen molar-refractivity contribution in [2.24, 2.45) is 0 Å². The molecule has 0 aromatic heterocycles. The van der Waals surface area contributed by atoms with Crippen LogP contribution in [0.3, 0.4) is 0 Å². The summed E-state index contributed by atoms with van der Waals surface area (Å²) in [6.07, 6.45) is 5.77. The molecule has 0 aliphatic carbocycles. The Morgan fingerprint density at radius 2 is 1.24 bits per heavy atom. The van der Waals surface area contributed by atoms with Crippen LogP contribution in [0.5, 0.6) is 0 Å². The number of carbonyl (C=O) groups excluding carboxylic acids is 1. The van der Waals surface area contributed by atoms with Crippen LogP contribution in [0.4, 0.5) is 5.69 Å². The minimum atomic E-state index is -2.28. The maximum absolute atomic E-state index is 13.5. The molecule has 0 aliphatic rings. The molecule has 2 rings (SSSR count). The monoisotopic (exact) mass is 347 g/mol. The molecule has 0 fully saturated rings. The fraction of sp³-hybridized carbons (Fsp3) is 0.136. The predicted octanol–water partition coefficient (Wildman–Crippen LogP) is 5.84. The number of allylic oxidation sites excluding steroid dienone is 3. The SMILES string of the molecule is C=CC[Si](CC=C)(CC=C)N(C(=O)c1ccccc1)c1ccccc1. The number of para-hydroxylation sites is 1. The summed E-state index contributed by atoms with van der Waals surface area (Å²) in [7, 11) is -2.28. The van der Waals surface area contributed by atoms with Crippen LogP contribution < -0.4 is 4.57 Å². The zero-order valence-electron chi connectivity index (χ0n) is 14.6. The van der Waals surface area contributed by atoms with Crippen LogP contribution >= 0.6 is 0 Å². The van der Waals surface area contributed by atoms with Crippen LogP contribution in [0, 0.1) is 0 Å². The molecule has 0 spiro atoms. The Balaban J connectivity index is 2.63. The Morgan fingerprint density at radius 1 is 0.800 bits per heavy atom. The molecule has 0 radical (unpaired) electrons. The van der Waals surface area contributed by atoms with Gasteiger partial charge in [0, 0.05) is 11.3 Å². The van der Waals surface area contributed by atoms with E-state index < -0.39 is 8.24 Å². The van der Waals surface area contributed by atoms with E-state index in [1.54, 1.807) is 0 Å². The molecule has 2 aromatic carbocycles. The van der Waals surface area contributed by atoms with E-state index in [4.69, 9.17) is 0 Å². The van der Waals surface area contributed by atoms with Gasteiger partial charge in [-0.15, -0.1) is 19.7 Å². The molecule has 0 bridgehead atoms. The normalized spacial score (nSPS) is 10.7. The second kappa shape index (κ2) is 8.99. The van der Waals surface area contributed by atoms with E-state index in [-0.39, 0.29) is 5.91 Å². The van der Waals surface area contributed by atoms with Crippen molar-refractivity contribution < 1.29 is 4.79 Å². The van der Waals surface area contributed by atoms with E-state index in [1.807, 2.05) is 83.5 Å². The minimum absolute atomic E-state index is 0.0315. The van der Waals surface area contributed by atoms with Gasteiger partial charge >= 0.3 is 0 Å². The van der Waals surface area contributed by atoms with Crippen LogP contribution in [0.2, 0.25) is 18.1 Å². The van der Waals surface area contributed by atoms with Gasteiger partial charge in [0.1, 0.15) is 0 Å². The molecule has 128 valence electrons. The van der Waals surface area contributed by atoms with Crippen LogP contribution in [-0.4, -0.2) is 14.1 Å². The van der Waals surface area contributed by atoms with Crippen molar-refractivity contribution in [1.82, 2.24) is 0 Å². The van der Waals surface area contributed by atoms with Crippen molar-refractivity contribution in [2.45, 2.75) is 18.1 Å². The van der Waals surface area contributed by atoms with E-state index in [2.05, 4.69) is 19.7 Å². The highest BCUT2D eigenvalue weighted by atomic mass is 28.3. The van der Waals surface area contributed by atoms with Gasteiger partial charge in [-0.3, -0.25) is 4.79 Å². The van der Waals surface area contributed by atoms with E-state index >= 15 is 0 Å². The lowest BCUT2D eigenvalue weighted by Gasteiger charge is -2.41. The van der Waals surface area contributed by atoms with Gasteiger partial charge < -0.3 is 4.57 Å². The fourth-order valence-corrected chi connectivity index (χ4v) is 7.14. The molecule has 0 saturated heterocycles. The lowest BCUT2D eigenvalue weighted by Crippen LogP contribution is -2.56. The molecule has 0 saturated carbocycles. The van der Waals surface area contributed by atoms with Crippen LogP contribution in [0.1, 0.15) is 10.4 Å². The van der Waals surface area contributed by atoms with Gasteiger partial charge in [-0.05, 0) is 42.4 Å². The van der Waals surface area contributed by atoms with Crippen LogP contribution in [0.15, 0.2) is 98.6 Å². The molecule has 0 aliphatic heterocycles. The average molecular weight is 348 g/mol. The van der Waals surface area contributed by atoms with E-state index in [0.29, 0.717) is 5.56 Å². The zero-order chi connectivity index (χ0) is 18.1. The summed E-state index contributed by atoms with van der Waals surface area (Å²) < 4.78 is 2.02. The van der Waals surface area contributed by atoms with Gasteiger partial charge in [0.2, 0.25) is 5.91 Å². The zero-order valence-corrected chi connectivity index (χ0v) is 15.6. The highest BCUT2D eigenvalue weighted by Gasteiger charge is 2.41. The molecule has 2 nitrogen and oxygen atoms in total. The first kappa shape index (κ1) is 18.7. The molecule has 0 unspecified atom stereocenters. The van der Waals surface area contributed by atoms with E-state index in [1.165, 1.54) is 0 Å². The maximum Gasteiger partial charge on any atom is 0.250 e. The van der Waals surface area contributed by atoms with Gasteiger partial charge in [0.15, 0.2) is 8.24 Å². The second-order valence-electron chi connectivity index (χ2n) is 6.04. The summed E-state index contributed by atoms with van der Waals surface area (Å²) in [5.41, 5.74) is 1.62. The van der Waals surface area contributed by atoms with Crippen molar-refractivity contribution in [3.05, 3.63) is 104 Å². The Bertz CT molecular complexity index is 698. The van der Waals surface area contributed by atoms with Crippen molar-refractivity contribution in [2.75, 3.05) is 4.57 Å². The quantitative estimate of drug-likeness (QED) is 0.412. The van der Waals surface area contributed by atoms with Crippen LogP contribution in [0.25, 0.3) is 0 Å². The molecule has 0 N–H and O–H groups in total. The van der Waals surface area contributed by atoms with Gasteiger partial charge in [-0.2, -0.15) is 0 Å². The van der Waals surface area contributed by atoms with Gasteiger partial charge in [0.25, 0.3) is 0 Å². The lowest BCUT2D eigenvalue weighted by atomic mass is 10.2. The van der Waals surface area contributed by atoms with Crippen LogP contribution in [-0.2, 0) is 0 Å². The largest absolute Gasteiger partial charge is 0.335 e. The Hall–Kier alpha value is -2.65. The topological polar surface area (TPSA) is 20.3 Å². The van der Waals surface area contributed by atoms with E-state index in [9.17, 15) is 4.79 Å². The highest BCUT2D eigenvalue weighted by molar-refractivity contribution is 6.87. The number of nitrogens with zero attached hydrogens (tertiary/aromatic N) is 1. The summed E-state index contributed by atoms with van der Waals surface area (Å²) in [4.78, 5) is 13.5. The molecule has 0 heterocycles. The van der Waals surface area contributed by atoms with Crippen molar-refractivity contribution >= 4 is 19.8 Å². The molecule has 25 heavy (non-hydrogen) atoms. The number of hydrogen-bond donors (Lipinski definition) is 0. The standard InChI is InChI=1S/C22H25NOSi/c1-4-17-25(18-5-2,19-6-3)23(21-15-11-8-12-16-21)22(24)20-13-9-7-10-14-20/h4-16H,1-3,17-19H2. The molecule has 3 heteroatoms. The Labute approximate surface area is 151 Å². The van der Waals surface area contributed by atoms with Gasteiger partial charge in [-0.1, -0.05) is 54.6 Å². The third kappa shape index (κ3) is 4.25. The molecule has 1 amide bonds. The number of anilines is 1. The summed E-state index contributed by atoms with van der Waals surface area (Å²) in [6, 6.07) is 21.7. The number of benzene rings is 2. The summed E-state index contributed by atoms with van der Waals surface area (Å²) in [5, 5.41) is 0. The number of rotatable bonds is 9. The first-order valence-electron chi connectivity index (χ1n) is 8.46. The Morgan fingerprint density at radius 3 is 1.68 bits per heavy atom. The van der Waals surface area contributed by atoms with E-state index in [0.717, 1.165) is 23.8 Å². The molecule has 0 atom stereocenters. The fourth-order valence-electron chi connectivity index (χ4n) is 3.22. The summed E-state index contributed by atoms with van der Waals surface area (Å²) in [5.74, 6) is 0.0315. The van der Waals surface area contributed by atoms with Crippen molar-refractivity contribution in [1.29, 1.82) is 0 Å². The highest BCUT2D eigenvalue weighted by Crippen LogP contribution is 2.33. The van der Waals surface area contributed by atoms with Gasteiger partial charge in [0.05, 0.1) is 0 Å². The third-order valence-corrected chi connectivity index (χ3v) is 8.84. The average Bonchev–Trinajstić information content (AvgIpc) is 2.64. The molecule has 2 aromatic rings. The lowest BCUT2D eigenvalue weighted by molar-refractivity contribution is 0.100. The smallest absolute Gasteiger partial charge is 0.250 e. The first-order valence-corrected chi connectivity index (χ1v) is 11.0. The summed E-state index contributed by atoms with van der Waals surface area (Å²) in [6.45, 7) is 11.8. The third-order valence-electron chi connectivity index (χ3n) is 4.29. The Kier molecular flexibility index (Phi) is 6.72.